The van der Waals surface area contributed by atoms with E-state index in [0.29, 0.717) is 0 Å². The smallest absolute Gasteiger partial charge is 0.300 e. The second-order valence-corrected chi connectivity index (χ2v) is 16.5. The number of aliphatic hydroxyl groups is 1. The summed E-state index contributed by atoms with van der Waals surface area (Å²) < 4.78 is 0. The van der Waals surface area contributed by atoms with Gasteiger partial charge in [-0.05, 0) is 38.8 Å². The number of carboxylic acid groups (broad SMARTS) is 2. The predicted octanol–water partition coefficient (Wildman–Crippen LogP) is 7.67. The molecule has 0 saturated heterocycles. The maximum atomic E-state index is 9.25. The van der Waals surface area contributed by atoms with Crippen molar-refractivity contribution in [2.24, 2.45) is 0 Å². The zero-order chi connectivity index (χ0) is 37.5. The van der Waals surface area contributed by atoms with Crippen LogP contribution in [0.3, 0.4) is 0 Å². The van der Waals surface area contributed by atoms with Gasteiger partial charge in [0.25, 0.3) is 11.9 Å². The molecule has 9 heteroatoms. The van der Waals surface area contributed by atoms with Gasteiger partial charge in [-0.15, -0.1) is 0 Å². The molecule has 0 fully saturated rings. The minimum Gasteiger partial charge on any atom is -0.481 e. The summed E-state index contributed by atoms with van der Waals surface area (Å²) in [6.07, 6.45) is 0. The van der Waals surface area contributed by atoms with Gasteiger partial charge in [0.2, 0.25) is 0 Å². The van der Waals surface area contributed by atoms with Gasteiger partial charge >= 0.3 is 0 Å². The lowest BCUT2D eigenvalue weighted by atomic mass is 10.4. The van der Waals surface area contributed by atoms with E-state index in [2.05, 4.69) is 72.8 Å². The molecule has 0 radical (unpaired) electrons. The Bertz CT molecular complexity index is 1590. The lowest BCUT2D eigenvalue weighted by Gasteiger charge is -2.24. The SMILES string of the molecule is CC(=O)O.CC(=O)O.CCO.N=P(c1ccccc1)(c1ccccc1)c1ccccc1.N=P(c1ccccc1)(c1ccccc1)c1ccccc1. The Kier molecular flexibility index (Phi) is 18.4. The van der Waals surface area contributed by atoms with Crippen LogP contribution in [0.5, 0.6) is 0 Å². The maximum Gasteiger partial charge on any atom is 0.300 e. The van der Waals surface area contributed by atoms with Gasteiger partial charge in [0.1, 0.15) is 0 Å². The summed E-state index contributed by atoms with van der Waals surface area (Å²) in [5.74, 6) is -1.67. The molecule has 51 heavy (non-hydrogen) atoms. The molecule has 0 aliphatic carbocycles. The molecule has 0 spiro atoms. The Morgan fingerprint density at radius 2 is 0.510 bits per heavy atom. The van der Waals surface area contributed by atoms with E-state index in [1.807, 2.05) is 109 Å². The van der Waals surface area contributed by atoms with Gasteiger partial charge in [0.15, 0.2) is 0 Å². The van der Waals surface area contributed by atoms with Crippen LogP contribution in [0.2, 0.25) is 0 Å². The average molecular weight is 721 g/mol. The number of nitrogens with one attached hydrogen (secondary N) is 2. The minimum atomic E-state index is -2.28. The summed E-state index contributed by atoms with van der Waals surface area (Å²) in [5.41, 5.74) is 0. The lowest BCUT2D eigenvalue weighted by molar-refractivity contribution is -0.135. The van der Waals surface area contributed by atoms with Gasteiger partial charge in [-0.25, -0.2) is 0 Å². The first-order chi connectivity index (χ1) is 24.5. The fourth-order valence-electron chi connectivity index (χ4n) is 4.80. The van der Waals surface area contributed by atoms with E-state index in [-0.39, 0.29) is 6.61 Å². The number of hydrogen-bond acceptors (Lipinski definition) is 5. The minimum absolute atomic E-state index is 0.250. The van der Waals surface area contributed by atoms with Gasteiger partial charge in [-0.3, -0.25) is 9.59 Å². The average Bonchev–Trinajstić information content (AvgIpc) is 3.16. The number of aliphatic carboxylic acids is 2. The zero-order valence-electron chi connectivity index (χ0n) is 29.1. The third kappa shape index (κ3) is 13.1. The Hall–Kier alpha value is -5.32. The van der Waals surface area contributed by atoms with Crippen LogP contribution in [-0.2, 0) is 9.59 Å². The molecule has 0 aliphatic rings. The number of benzene rings is 6. The molecule has 0 aromatic heterocycles. The van der Waals surface area contributed by atoms with E-state index < -0.39 is 26.0 Å². The molecule has 6 aromatic rings. The van der Waals surface area contributed by atoms with Crippen LogP contribution in [0, 0.1) is 10.3 Å². The van der Waals surface area contributed by atoms with Crippen molar-refractivity contribution < 1.29 is 24.9 Å². The van der Waals surface area contributed by atoms with Crippen molar-refractivity contribution in [3.8, 4) is 0 Å². The lowest BCUT2D eigenvalue weighted by Crippen LogP contribution is -2.24. The zero-order valence-corrected chi connectivity index (χ0v) is 30.9. The number of aliphatic hydroxyl groups excluding tert-OH is 1. The maximum absolute atomic E-state index is 9.25. The molecule has 6 aromatic carbocycles. The summed E-state index contributed by atoms with van der Waals surface area (Å²) in [7, 11) is -4.55. The highest BCUT2D eigenvalue weighted by molar-refractivity contribution is 7.86. The number of rotatable bonds is 6. The fraction of sp³-hybridized carbons (Fsp3) is 0.0952. The Morgan fingerprint density at radius 3 is 0.608 bits per heavy atom. The van der Waals surface area contributed by atoms with Crippen molar-refractivity contribution in [2.45, 2.75) is 20.8 Å². The third-order valence-corrected chi connectivity index (χ3v) is 13.3. The van der Waals surface area contributed by atoms with Gasteiger partial charge < -0.3 is 25.6 Å². The topological polar surface area (TPSA) is 143 Å². The highest BCUT2D eigenvalue weighted by Gasteiger charge is 2.25. The first kappa shape index (κ1) is 41.8. The van der Waals surface area contributed by atoms with Gasteiger partial charge in [-0.1, -0.05) is 182 Å². The van der Waals surface area contributed by atoms with Crippen LogP contribution in [0.15, 0.2) is 182 Å². The van der Waals surface area contributed by atoms with Crippen LogP contribution < -0.4 is 31.8 Å². The molecule has 5 N–H and O–H groups in total. The van der Waals surface area contributed by atoms with Crippen LogP contribution in [0.25, 0.3) is 0 Å². The number of carboxylic acids is 2. The van der Waals surface area contributed by atoms with Crippen LogP contribution in [-0.4, -0.2) is 33.9 Å². The molecule has 0 aliphatic heterocycles. The molecule has 7 nitrogen and oxygen atoms in total. The fourth-order valence-corrected chi connectivity index (χ4v) is 10.3. The van der Waals surface area contributed by atoms with Crippen molar-refractivity contribution in [3.63, 3.8) is 0 Å². The van der Waals surface area contributed by atoms with Gasteiger partial charge in [0, 0.05) is 20.5 Å². The van der Waals surface area contributed by atoms with Crippen molar-refractivity contribution in [3.05, 3.63) is 182 Å². The second-order valence-electron chi connectivity index (χ2n) is 10.7. The molecule has 0 unspecified atom stereocenters. The van der Waals surface area contributed by atoms with Crippen molar-refractivity contribution in [1.82, 2.24) is 0 Å². The summed E-state index contributed by atoms with van der Waals surface area (Å²) in [6, 6.07) is 61.1. The highest BCUT2D eigenvalue weighted by atomic mass is 31.2. The molecular formula is C42H46N2O5P2. The summed E-state index contributed by atoms with van der Waals surface area (Å²) in [4.78, 5) is 18.0. The Balaban J connectivity index is 0.000000275. The second kappa shape index (κ2) is 22.4. The highest BCUT2D eigenvalue weighted by Crippen LogP contribution is 2.43. The molecule has 0 amide bonds. The monoisotopic (exact) mass is 720 g/mol. The van der Waals surface area contributed by atoms with E-state index in [1.54, 1.807) is 6.92 Å². The van der Waals surface area contributed by atoms with Crippen molar-refractivity contribution in [2.75, 3.05) is 6.61 Å². The standard InChI is InChI=1S/2C18H16NP.2C2H4O2.C2H6O/c2*19-20(16-10-4-1-5-11-16,17-12-6-2-7-13-17)18-14-8-3-9-15-18;2*1-2(3)4;1-2-3/h2*1-15,19H;2*1H3,(H,3,4);3H,2H2,1H3. The molecule has 6 rings (SSSR count). The molecule has 0 bridgehead atoms. The van der Waals surface area contributed by atoms with Crippen molar-refractivity contribution in [1.29, 1.82) is 10.3 Å². The predicted molar refractivity (Wildman–Crippen MR) is 215 cm³/mol. The molecular weight excluding hydrogens is 674 g/mol. The first-order valence-corrected chi connectivity index (χ1v) is 19.7. The molecule has 264 valence electrons. The van der Waals surface area contributed by atoms with Crippen LogP contribution in [0.4, 0.5) is 0 Å². The van der Waals surface area contributed by atoms with E-state index in [1.165, 1.54) is 0 Å². The van der Waals surface area contributed by atoms with Crippen LogP contribution in [0.1, 0.15) is 20.8 Å². The molecule has 0 heterocycles. The summed E-state index contributed by atoms with van der Waals surface area (Å²) >= 11 is 0. The Labute approximate surface area is 301 Å². The number of hydrogen-bond donors (Lipinski definition) is 5. The third-order valence-electron chi connectivity index (χ3n) is 6.86. The van der Waals surface area contributed by atoms with Crippen molar-refractivity contribution >= 4 is 57.9 Å². The summed E-state index contributed by atoms with van der Waals surface area (Å²) in [5, 5.41) is 47.5. The van der Waals surface area contributed by atoms with Crippen LogP contribution >= 0.6 is 14.1 Å². The van der Waals surface area contributed by atoms with E-state index in [4.69, 9.17) is 24.9 Å². The molecule has 0 atom stereocenters. The first-order valence-electron chi connectivity index (χ1n) is 16.1. The molecule has 0 saturated carbocycles. The van der Waals surface area contributed by atoms with E-state index in [9.17, 15) is 10.3 Å². The summed E-state index contributed by atoms with van der Waals surface area (Å²) in [6.45, 7) is 4.10. The normalized spacial score (nSPS) is 10.1. The van der Waals surface area contributed by atoms with E-state index in [0.717, 1.165) is 45.7 Å². The number of carbonyl (C=O) groups is 2. The quantitative estimate of drug-likeness (QED) is 0.112. The Morgan fingerprint density at radius 1 is 0.412 bits per heavy atom. The largest absolute Gasteiger partial charge is 0.481 e. The van der Waals surface area contributed by atoms with E-state index >= 15 is 0 Å². The van der Waals surface area contributed by atoms with Gasteiger partial charge in [0.05, 0.1) is 14.1 Å². The van der Waals surface area contributed by atoms with Gasteiger partial charge in [-0.2, -0.15) is 0 Å².